The number of aromatic hydroxyl groups is 1. The van der Waals surface area contributed by atoms with Crippen molar-refractivity contribution in [2.24, 2.45) is 0 Å². The maximum Gasteiger partial charge on any atom is 0.416 e. The number of alkyl halides is 3. The number of hydrogen-bond acceptors (Lipinski definition) is 3. The third-order valence-electron chi connectivity index (χ3n) is 1.88. The van der Waals surface area contributed by atoms with Crippen LogP contribution in [-0.2, 0) is 17.6 Å². The molecule has 0 aliphatic carbocycles. The third-order valence-corrected chi connectivity index (χ3v) is 2.48. The zero-order valence-electron chi connectivity index (χ0n) is 8.23. The molecule has 1 aromatic rings. The number of nitrogens with one attached hydrogen (secondary N) is 1. The Bertz CT molecular complexity index is 382. The van der Waals surface area contributed by atoms with Crippen molar-refractivity contribution in [3.63, 3.8) is 0 Å². The van der Waals surface area contributed by atoms with Crippen LogP contribution in [0.5, 0.6) is 5.75 Å². The molecule has 1 rings (SSSR count). The van der Waals surface area contributed by atoms with Gasteiger partial charge in [0.15, 0.2) is 0 Å². The van der Waals surface area contributed by atoms with Gasteiger partial charge >= 0.3 is 6.18 Å². The highest BCUT2D eigenvalue weighted by Crippen LogP contribution is 2.36. The molecule has 7 heteroatoms. The van der Waals surface area contributed by atoms with Crippen molar-refractivity contribution < 1.29 is 23.1 Å². The van der Waals surface area contributed by atoms with Crippen LogP contribution in [-0.4, -0.2) is 12.2 Å². The van der Waals surface area contributed by atoms with E-state index in [0.717, 1.165) is 12.1 Å². The summed E-state index contributed by atoms with van der Waals surface area (Å²) in [6, 6.07) is 1.69. The maximum absolute atomic E-state index is 12.4. The van der Waals surface area contributed by atoms with Gasteiger partial charge in [0.1, 0.15) is 5.75 Å². The molecule has 0 amide bonds. The van der Waals surface area contributed by atoms with Gasteiger partial charge in [-0.3, -0.25) is 0 Å². The van der Waals surface area contributed by atoms with Crippen molar-refractivity contribution in [3.8, 4) is 5.75 Å². The van der Waals surface area contributed by atoms with Gasteiger partial charge in [0.05, 0.1) is 17.1 Å². The lowest BCUT2D eigenvalue weighted by molar-refractivity contribution is -0.137. The fourth-order valence-corrected chi connectivity index (χ4v) is 1.61. The molecule has 0 saturated heterocycles. The first-order chi connectivity index (χ1) is 7.36. The average molecular weight is 300 g/mol. The Labute approximate surface area is 98.3 Å². The molecule has 3 nitrogen and oxygen atoms in total. The lowest BCUT2D eigenvalue weighted by Crippen LogP contribution is -2.13. The second-order valence-electron chi connectivity index (χ2n) is 2.99. The zero-order valence-corrected chi connectivity index (χ0v) is 9.82. The molecule has 0 bridgehead atoms. The van der Waals surface area contributed by atoms with Crippen LogP contribution in [0.15, 0.2) is 16.6 Å². The molecule has 0 aliphatic rings. The topological polar surface area (TPSA) is 41.5 Å². The Kier molecular flexibility index (Phi) is 4.17. The molecule has 1 aromatic carbocycles. The van der Waals surface area contributed by atoms with E-state index in [1.54, 1.807) is 0 Å². The molecule has 0 fully saturated rings. The smallest absolute Gasteiger partial charge is 0.416 e. The van der Waals surface area contributed by atoms with Gasteiger partial charge in [-0.15, -0.1) is 0 Å². The van der Waals surface area contributed by atoms with Gasteiger partial charge in [0, 0.05) is 12.1 Å². The minimum Gasteiger partial charge on any atom is -0.506 e. The van der Waals surface area contributed by atoms with E-state index in [4.69, 9.17) is 0 Å². The molecule has 0 saturated carbocycles. The summed E-state index contributed by atoms with van der Waals surface area (Å²) in [6.45, 7) is -0.0230. The second-order valence-corrected chi connectivity index (χ2v) is 3.84. The largest absolute Gasteiger partial charge is 0.506 e. The van der Waals surface area contributed by atoms with Gasteiger partial charge in [-0.1, -0.05) is 0 Å². The number of halogens is 4. The summed E-state index contributed by atoms with van der Waals surface area (Å²) in [5, 5.41) is 9.50. The van der Waals surface area contributed by atoms with Crippen LogP contribution < -0.4 is 5.48 Å². The molecule has 0 aliphatic heterocycles. The Morgan fingerprint density at radius 2 is 2.06 bits per heavy atom. The Hall–Kier alpha value is -0.790. The number of phenols is 1. The minimum atomic E-state index is -4.45. The molecular weight excluding hydrogens is 291 g/mol. The lowest BCUT2D eigenvalue weighted by atomic mass is 10.1. The van der Waals surface area contributed by atoms with E-state index in [-0.39, 0.29) is 22.3 Å². The number of rotatable bonds is 3. The highest BCUT2D eigenvalue weighted by atomic mass is 79.9. The van der Waals surface area contributed by atoms with Crippen LogP contribution in [0.4, 0.5) is 13.2 Å². The van der Waals surface area contributed by atoms with Crippen LogP contribution in [0.2, 0.25) is 0 Å². The van der Waals surface area contributed by atoms with E-state index >= 15 is 0 Å². The van der Waals surface area contributed by atoms with E-state index in [9.17, 15) is 18.3 Å². The lowest BCUT2D eigenvalue weighted by Gasteiger charge is -2.12. The van der Waals surface area contributed by atoms with Crippen LogP contribution >= 0.6 is 15.9 Å². The Balaban J connectivity index is 3.12. The normalized spacial score (nSPS) is 11.8. The van der Waals surface area contributed by atoms with E-state index in [0.29, 0.717) is 0 Å². The van der Waals surface area contributed by atoms with Crippen LogP contribution in [0.3, 0.4) is 0 Å². The molecule has 90 valence electrons. The standard InChI is InChI=1S/C9H9BrF3NO2/c1-16-14-4-5-2-6(9(11,12)13)3-7(10)8(5)15/h2-3,14-15H,4H2,1H3. The molecule has 0 spiro atoms. The first-order valence-electron chi connectivity index (χ1n) is 4.20. The predicted octanol–water partition coefficient (Wildman–Crippen LogP) is 2.82. The molecule has 0 unspecified atom stereocenters. The first-order valence-corrected chi connectivity index (χ1v) is 5.00. The summed E-state index contributed by atoms with van der Waals surface area (Å²) >= 11 is 2.86. The highest BCUT2D eigenvalue weighted by Gasteiger charge is 2.31. The number of hydroxylamine groups is 1. The van der Waals surface area contributed by atoms with Gasteiger partial charge in [-0.2, -0.15) is 18.7 Å². The minimum absolute atomic E-state index is 0.00442. The number of hydrogen-bond donors (Lipinski definition) is 2. The first kappa shape index (κ1) is 13.3. The van der Waals surface area contributed by atoms with Gasteiger partial charge in [-0.05, 0) is 28.1 Å². The molecule has 0 aromatic heterocycles. The Morgan fingerprint density at radius 1 is 1.44 bits per heavy atom. The van der Waals surface area contributed by atoms with Gasteiger partial charge in [-0.25, -0.2) is 0 Å². The van der Waals surface area contributed by atoms with Crippen LogP contribution in [0, 0.1) is 0 Å². The summed E-state index contributed by atoms with van der Waals surface area (Å²) in [5.74, 6) is -0.238. The molecule has 16 heavy (non-hydrogen) atoms. The number of benzene rings is 1. The summed E-state index contributed by atoms with van der Waals surface area (Å²) in [6.07, 6.45) is -4.45. The summed E-state index contributed by atoms with van der Waals surface area (Å²) in [5.41, 5.74) is 1.63. The van der Waals surface area contributed by atoms with Crippen molar-refractivity contribution >= 4 is 15.9 Å². The van der Waals surface area contributed by atoms with Gasteiger partial charge in [0.25, 0.3) is 0 Å². The van der Waals surface area contributed by atoms with E-state index in [2.05, 4.69) is 26.2 Å². The predicted molar refractivity (Wildman–Crippen MR) is 54.7 cm³/mol. The van der Waals surface area contributed by atoms with Gasteiger partial charge in [0.2, 0.25) is 0 Å². The van der Waals surface area contributed by atoms with E-state index in [1.807, 2.05) is 0 Å². The molecular formula is C9H9BrF3NO2. The van der Waals surface area contributed by atoms with Crippen molar-refractivity contribution in [1.82, 2.24) is 5.48 Å². The van der Waals surface area contributed by atoms with E-state index < -0.39 is 11.7 Å². The van der Waals surface area contributed by atoms with Crippen molar-refractivity contribution in [1.29, 1.82) is 0 Å². The van der Waals surface area contributed by atoms with Crippen molar-refractivity contribution in [2.75, 3.05) is 7.11 Å². The van der Waals surface area contributed by atoms with Crippen molar-refractivity contribution in [2.45, 2.75) is 12.7 Å². The molecule has 2 N–H and O–H groups in total. The zero-order chi connectivity index (χ0) is 12.3. The number of phenolic OH excluding ortho intramolecular Hbond substituents is 1. The fraction of sp³-hybridized carbons (Fsp3) is 0.333. The Morgan fingerprint density at radius 3 is 2.56 bits per heavy atom. The van der Waals surface area contributed by atoms with E-state index in [1.165, 1.54) is 7.11 Å². The summed E-state index contributed by atoms with van der Waals surface area (Å²) in [4.78, 5) is 4.51. The second kappa shape index (κ2) is 5.03. The maximum atomic E-state index is 12.4. The van der Waals surface area contributed by atoms with Crippen LogP contribution in [0.25, 0.3) is 0 Å². The average Bonchev–Trinajstić information content (AvgIpc) is 2.18. The monoisotopic (exact) mass is 299 g/mol. The quantitative estimate of drug-likeness (QED) is 0.843. The SMILES string of the molecule is CONCc1cc(C(F)(F)F)cc(Br)c1O. The molecule has 0 heterocycles. The molecule has 0 atom stereocenters. The van der Waals surface area contributed by atoms with Gasteiger partial charge < -0.3 is 9.94 Å². The summed E-state index contributed by atoms with van der Waals surface area (Å²) in [7, 11) is 1.33. The third kappa shape index (κ3) is 3.10. The van der Waals surface area contributed by atoms with Crippen LogP contribution in [0.1, 0.15) is 11.1 Å². The fourth-order valence-electron chi connectivity index (χ4n) is 1.10. The molecule has 0 radical (unpaired) electrons. The summed E-state index contributed by atoms with van der Waals surface area (Å²) < 4.78 is 37.3. The van der Waals surface area contributed by atoms with Crippen molar-refractivity contribution in [3.05, 3.63) is 27.7 Å². The highest BCUT2D eigenvalue weighted by molar-refractivity contribution is 9.10.